The van der Waals surface area contributed by atoms with Gasteiger partial charge in [0.25, 0.3) is 5.91 Å². The number of phenols is 1. The van der Waals surface area contributed by atoms with Gasteiger partial charge in [0.15, 0.2) is 9.84 Å². The first-order chi connectivity index (χ1) is 9.77. The molecule has 2 rings (SSSR count). The van der Waals surface area contributed by atoms with Crippen molar-refractivity contribution in [1.82, 2.24) is 0 Å². The molecular formula is C14H13NO5S. The zero-order valence-corrected chi connectivity index (χ0v) is 11.9. The lowest BCUT2D eigenvalue weighted by molar-refractivity contribution is 0.0997. The Balaban J connectivity index is 2.26. The van der Waals surface area contributed by atoms with Crippen LogP contribution in [0.2, 0.25) is 0 Å². The van der Waals surface area contributed by atoms with Crippen molar-refractivity contribution in [2.24, 2.45) is 5.73 Å². The molecule has 0 atom stereocenters. The number of hydrogen-bond donors (Lipinski definition) is 2. The summed E-state index contributed by atoms with van der Waals surface area (Å²) in [5, 5.41) is 9.47. The third-order valence-corrected chi connectivity index (χ3v) is 3.85. The van der Waals surface area contributed by atoms with Crippen LogP contribution in [-0.4, -0.2) is 25.7 Å². The zero-order chi connectivity index (χ0) is 15.6. The Kier molecular flexibility index (Phi) is 3.86. The van der Waals surface area contributed by atoms with E-state index in [-0.39, 0.29) is 16.2 Å². The zero-order valence-electron chi connectivity index (χ0n) is 11.1. The Bertz CT molecular complexity index is 782. The number of amides is 1. The Morgan fingerprint density at radius 2 is 1.67 bits per heavy atom. The van der Waals surface area contributed by atoms with Gasteiger partial charge in [0, 0.05) is 6.26 Å². The van der Waals surface area contributed by atoms with E-state index in [4.69, 9.17) is 10.5 Å². The largest absolute Gasteiger partial charge is 0.507 e. The minimum absolute atomic E-state index is 0.0553. The van der Waals surface area contributed by atoms with E-state index < -0.39 is 15.7 Å². The van der Waals surface area contributed by atoms with E-state index in [1.807, 2.05) is 0 Å². The lowest BCUT2D eigenvalue weighted by atomic mass is 10.2. The van der Waals surface area contributed by atoms with E-state index in [1.165, 1.54) is 42.5 Å². The van der Waals surface area contributed by atoms with Gasteiger partial charge in [-0.05, 0) is 42.5 Å². The number of ether oxygens (including phenoxy) is 1. The van der Waals surface area contributed by atoms with Gasteiger partial charge in [0.05, 0.1) is 10.5 Å². The molecule has 0 heterocycles. The molecule has 2 aromatic rings. The fourth-order valence-electron chi connectivity index (χ4n) is 1.67. The maximum atomic E-state index is 11.3. The Hall–Kier alpha value is -2.54. The second-order valence-corrected chi connectivity index (χ2v) is 6.40. The molecule has 0 aliphatic rings. The number of sulfone groups is 1. The van der Waals surface area contributed by atoms with Crippen molar-refractivity contribution in [3.8, 4) is 17.2 Å². The summed E-state index contributed by atoms with van der Waals surface area (Å²) in [6.07, 6.45) is 1.11. The molecule has 0 saturated carbocycles. The summed E-state index contributed by atoms with van der Waals surface area (Å²) >= 11 is 0. The Morgan fingerprint density at radius 3 is 2.19 bits per heavy atom. The summed E-state index contributed by atoms with van der Waals surface area (Å²) in [6.45, 7) is 0. The van der Waals surface area contributed by atoms with Gasteiger partial charge in [-0.15, -0.1) is 0 Å². The molecule has 0 fully saturated rings. The Morgan fingerprint density at radius 1 is 1.10 bits per heavy atom. The molecular weight excluding hydrogens is 294 g/mol. The first-order valence-corrected chi connectivity index (χ1v) is 7.77. The predicted molar refractivity (Wildman–Crippen MR) is 76.3 cm³/mol. The van der Waals surface area contributed by atoms with Crippen LogP contribution in [0.5, 0.6) is 17.2 Å². The van der Waals surface area contributed by atoms with E-state index >= 15 is 0 Å². The minimum atomic E-state index is -3.27. The number of hydrogen-bond acceptors (Lipinski definition) is 5. The number of primary amides is 1. The van der Waals surface area contributed by atoms with Crippen molar-refractivity contribution >= 4 is 15.7 Å². The number of benzene rings is 2. The maximum Gasteiger partial charge on any atom is 0.252 e. The van der Waals surface area contributed by atoms with Crippen LogP contribution < -0.4 is 10.5 Å². The van der Waals surface area contributed by atoms with Crippen molar-refractivity contribution in [3.63, 3.8) is 0 Å². The number of rotatable bonds is 4. The quantitative estimate of drug-likeness (QED) is 0.893. The summed E-state index contributed by atoms with van der Waals surface area (Å²) in [5.41, 5.74) is 5.07. The molecule has 0 radical (unpaired) electrons. The van der Waals surface area contributed by atoms with E-state index in [0.717, 1.165) is 6.26 Å². The average Bonchev–Trinajstić information content (AvgIpc) is 2.40. The van der Waals surface area contributed by atoms with Crippen molar-refractivity contribution in [2.75, 3.05) is 6.26 Å². The highest BCUT2D eigenvalue weighted by molar-refractivity contribution is 7.90. The van der Waals surface area contributed by atoms with E-state index in [0.29, 0.717) is 11.5 Å². The highest BCUT2D eigenvalue weighted by atomic mass is 32.2. The second kappa shape index (κ2) is 5.45. The van der Waals surface area contributed by atoms with Gasteiger partial charge >= 0.3 is 0 Å². The van der Waals surface area contributed by atoms with E-state index in [1.54, 1.807) is 0 Å². The number of aromatic hydroxyl groups is 1. The van der Waals surface area contributed by atoms with Crippen LogP contribution in [0.1, 0.15) is 10.4 Å². The van der Waals surface area contributed by atoms with Crippen LogP contribution in [0.4, 0.5) is 0 Å². The first-order valence-electron chi connectivity index (χ1n) is 5.88. The standard InChI is InChI=1S/C14H13NO5S/c1-21(18,19)11-5-2-9(3-6-11)20-10-4-7-13(16)12(8-10)14(15)17/h2-8,16H,1H3,(H2,15,17). The van der Waals surface area contributed by atoms with Gasteiger partial charge in [0.1, 0.15) is 17.2 Å². The molecule has 6 nitrogen and oxygen atoms in total. The van der Waals surface area contributed by atoms with Gasteiger partial charge < -0.3 is 15.6 Å². The van der Waals surface area contributed by atoms with E-state index in [2.05, 4.69) is 0 Å². The normalized spacial score (nSPS) is 11.1. The third kappa shape index (κ3) is 3.51. The minimum Gasteiger partial charge on any atom is -0.507 e. The fourth-order valence-corrected chi connectivity index (χ4v) is 2.30. The van der Waals surface area contributed by atoms with E-state index in [9.17, 15) is 18.3 Å². The highest BCUT2D eigenvalue weighted by Gasteiger charge is 2.10. The molecule has 0 aliphatic heterocycles. The van der Waals surface area contributed by atoms with Crippen LogP contribution in [0.25, 0.3) is 0 Å². The molecule has 2 aromatic carbocycles. The smallest absolute Gasteiger partial charge is 0.252 e. The van der Waals surface area contributed by atoms with Crippen LogP contribution in [0, 0.1) is 0 Å². The van der Waals surface area contributed by atoms with Crippen LogP contribution in [-0.2, 0) is 9.84 Å². The van der Waals surface area contributed by atoms with Crippen LogP contribution >= 0.6 is 0 Å². The van der Waals surface area contributed by atoms with Crippen molar-refractivity contribution in [1.29, 1.82) is 0 Å². The number of carbonyl (C=O) groups is 1. The third-order valence-electron chi connectivity index (χ3n) is 2.72. The number of nitrogens with two attached hydrogens (primary N) is 1. The van der Waals surface area contributed by atoms with Gasteiger partial charge in [0.2, 0.25) is 0 Å². The molecule has 21 heavy (non-hydrogen) atoms. The molecule has 0 spiro atoms. The highest BCUT2D eigenvalue weighted by Crippen LogP contribution is 2.27. The topological polar surface area (TPSA) is 107 Å². The summed E-state index contributed by atoms with van der Waals surface area (Å²) < 4.78 is 28.2. The van der Waals surface area contributed by atoms with Gasteiger partial charge in [-0.3, -0.25) is 4.79 Å². The summed E-state index contributed by atoms with van der Waals surface area (Å²) in [6, 6.07) is 9.88. The first kappa shape index (κ1) is 14.9. The second-order valence-electron chi connectivity index (χ2n) is 4.39. The van der Waals surface area contributed by atoms with Crippen molar-refractivity contribution in [2.45, 2.75) is 4.90 Å². The van der Waals surface area contributed by atoms with Gasteiger partial charge in [-0.2, -0.15) is 0 Å². The lowest BCUT2D eigenvalue weighted by Crippen LogP contribution is -2.11. The molecule has 7 heteroatoms. The summed E-state index contributed by atoms with van der Waals surface area (Å²) in [5.74, 6) is -0.315. The van der Waals surface area contributed by atoms with Crippen molar-refractivity contribution in [3.05, 3.63) is 48.0 Å². The molecule has 1 amide bonds. The summed E-state index contributed by atoms with van der Waals surface area (Å²) in [7, 11) is -3.27. The van der Waals surface area contributed by atoms with Gasteiger partial charge in [-0.1, -0.05) is 0 Å². The lowest BCUT2D eigenvalue weighted by Gasteiger charge is -2.08. The van der Waals surface area contributed by atoms with Crippen molar-refractivity contribution < 1.29 is 23.1 Å². The average molecular weight is 307 g/mol. The molecule has 0 bridgehead atoms. The molecule has 0 unspecified atom stereocenters. The summed E-state index contributed by atoms with van der Waals surface area (Å²) in [4.78, 5) is 11.3. The molecule has 0 aromatic heterocycles. The number of carbonyl (C=O) groups excluding carboxylic acids is 1. The Labute approximate surface area is 121 Å². The maximum absolute atomic E-state index is 11.3. The van der Waals surface area contributed by atoms with Crippen LogP contribution in [0.3, 0.4) is 0 Å². The SMILES string of the molecule is CS(=O)(=O)c1ccc(Oc2ccc(O)c(C(N)=O)c2)cc1. The predicted octanol–water partition coefficient (Wildman–Crippen LogP) is 1.69. The fraction of sp³-hybridized carbons (Fsp3) is 0.0714. The molecule has 110 valence electrons. The molecule has 3 N–H and O–H groups in total. The van der Waals surface area contributed by atoms with Gasteiger partial charge in [-0.25, -0.2) is 8.42 Å². The monoisotopic (exact) mass is 307 g/mol. The molecule has 0 saturated heterocycles. The molecule has 0 aliphatic carbocycles. The van der Waals surface area contributed by atoms with Crippen LogP contribution in [0.15, 0.2) is 47.4 Å².